The molecular formula is C11H18O2. The van der Waals surface area contributed by atoms with Gasteiger partial charge in [-0.25, -0.2) is 4.79 Å². The van der Waals surface area contributed by atoms with E-state index in [9.17, 15) is 4.79 Å². The van der Waals surface area contributed by atoms with Gasteiger partial charge >= 0.3 is 5.97 Å². The lowest BCUT2D eigenvalue weighted by atomic mass is 10.3. The second-order valence-corrected chi connectivity index (χ2v) is 2.78. The van der Waals surface area contributed by atoms with Gasteiger partial charge in [-0.3, -0.25) is 0 Å². The van der Waals surface area contributed by atoms with Crippen LogP contribution in [0.2, 0.25) is 0 Å². The van der Waals surface area contributed by atoms with E-state index in [-0.39, 0.29) is 5.97 Å². The molecule has 74 valence electrons. The molecule has 0 aromatic carbocycles. The van der Waals surface area contributed by atoms with Gasteiger partial charge in [0.15, 0.2) is 0 Å². The Balaban J connectivity index is 3.54. The normalized spacial score (nSPS) is 12.1. The molecule has 0 aliphatic carbocycles. The Bertz CT molecular complexity index is 202. The Morgan fingerprint density at radius 1 is 1.38 bits per heavy atom. The Hall–Kier alpha value is -1.05. The molecule has 0 fully saturated rings. The molecule has 0 unspecified atom stereocenters. The van der Waals surface area contributed by atoms with Crippen LogP contribution in [0.1, 0.15) is 33.6 Å². The summed E-state index contributed by atoms with van der Waals surface area (Å²) >= 11 is 0. The number of carbonyl (C=O) groups is 1. The number of rotatable bonds is 5. The number of hydrogen-bond donors (Lipinski definition) is 0. The molecule has 0 bridgehead atoms. The van der Waals surface area contributed by atoms with E-state index in [2.05, 4.69) is 13.0 Å². The maximum atomic E-state index is 11.1. The van der Waals surface area contributed by atoms with Crippen molar-refractivity contribution in [3.05, 3.63) is 23.8 Å². The molecule has 0 aromatic heterocycles. The van der Waals surface area contributed by atoms with Crippen molar-refractivity contribution in [1.82, 2.24) is 0 Å². The van der Waals surface area contributed by atoms with Crippen LogP contribution in [0.4, 0.5) is 0 Å². The zero-order valence-corrected chi connectivity index (χ0v) is 8.67. The number of hydrogen-bond acceptors (Lipinski definition) is 2. The highest BCUT2D eigenvalue weighted by molar-refractivity contribution is 5.87. The monoisotopic (exact) mass is 182 g/mol. The van der Waals surface area contributed by atoms with Gasteiger partial charge in [-0.05, 0) is 26.7 Å². The molecule has 0 rings (SSSR count). The molecule has 0 saturated carbocycles. The van der Waals surface area contributed by atoms with Crippen LogP contribution in [0.25, 0.3) is 0 Å². The second kappa shape index (κ2) is 7.59. The summed E-state index contributed by atoms with van der Waals surface area (Å²) < 4.78 is 4.98. The Morgan fingerprint density at radius 3 is 2.62 bits per heavy atom. The average Bonchev–Trinajstić information content (AvgIpc) is 2.16. The molecule has 0 aromatic rings. The van der Waals surface area contributed by atoms with E-state index in [1.807, 2.05) is 13.0 Å². The lowest BCUT2D eigenvalue weighted by Crippen LogP contribution is -2.06. The van der Waals surface area contributed by atoms with Crippen molar-refractivity contribution < 1.29 is 9.53 Å². The molecule has 2 nitrogen and oxygen atoms in total. The van der Waals surface area contributed by atoms with Gasteiger partial charge < -0.3 is 4.74 Å². The first kappa shape index (κ1) is 11.9. The van der Waals surface area contributed by atoms with Crippen molar-refractivity contribution in [2.24, 2.45) is 0 Å². The predicted octanol–water partition coefficient (Wildman–Crippen LogP) is 2.85. The first-order chi connectivity index (χ1) is 6.22. The summed E-state index contributed by atoms with van der Waals surface area (Å²) in [5.74, 6) is -0.215. The lowest BCUT2D eigenvalue weighted by molar-refractivity contribution is -0.138. The molecule has 0 spiro atoms. The third kappa shape index (κ3) is 6.14. The smallest absolute Gasteiger partial charge is 0.333 e. The van der Waals surface area contributed by atoms with Gasteiger partial charge in [-0.15, -0.1) is 0 Å². The highest BCUT2D eigenvalue weighted by Crippen LogP contribution is 1.97. The van der Waals surface area contributed by atoms with Crippen molar-refractivity contribution in [3.63, 3.8) is 0 Å². The minimum atomic E-state index is -0.215. The van der Waals surface area contributed by atoms with Gasteiger partial charge in [0.2, 0.25) is 0 Å². The molecule has 0 saturated heterocycles. The van der Waals surface area contributed by atoms with Crippen molar-refractivity contribution in [2.45, 2.75) is 33.6 Å². The fraction of sp³-hybridized carbons (Fsp3) is 0.545. The van der Waals surface area contributed by atoms with E-state index in [0.717, 1.165) is 12.8 Å². The summed E-state index contributed by atoms with van der Waals surface area (Å²) in [6, 6.07) is 0. The highest BCUT2D eigenvalue weighted by Gasteiger charge is 2.01. The summed E-state index contributed by atoms with van der Waals surface area (Å²) in [5, 5.41) is 0. The highest BCUT2D eigenvalue weighted by atomic mass is 16.5. The molecule has 0 amide bonds. The third-order valence-electron chi connectivity index (χ3n) is 1.68. The number of allylic oxidation sites excluding steroid dienone is 2. The fourth-order valence-corrected chi connectivity index (χ4v) is 0.736. The molecule has 0 aliphatic heterocycles. The maximum Gasteiger partial charge on any atom is 0.333 e. The van der Waals surface area contributed by atoms with Crippen LogP contribution in [-0.4, -0.2) is 12.6 Å². The van der Waals surface area contributed by atoms with Gasteiger partial charge in [0.25, 0.3) is 0 Å². The summed E-state index contributed by atoms with van der Waals surface area (Å²) in [6.07, 6.45) is 7.68. The van der Waals surface area contributed by atoms with Crippen LogP contribution in [0.15, 0.2) is 23.8 Å². The van der Waals surface area contributed by atoms with Gasteiger partial charge in [-0.2, -0.15) is 0 Å². The molecular weight excluding hydrogens is 164 g/mol. The van der Waals surface area contributed by atoms with Crippen LogP contribution in [0.3, 0.4) is 0 Å². The van der Waals surface area contributed by atoms with Gasteiger partial charge in [0, 0.05) is 5.57 Å². The zero-order chi connectivity index (χ0) is 10.1. The van der Waals surface area contributed by atoms with Crippen molar-refractivity contribution in [2.75, 3.05) is 6.61 Å². The van der Waals surface area contributed by atoms with E-state index < -0.39 is 0 Å². The van der Waals surface area contributed by atoms with Crippen molar-refractivity contribution in [1.29, 1.82) is 0 Å². The fourth-order valence-electron chi connectivity index (χ4n) is 0.736. The molecule has 2 heteroatoms. The van der Waals surface area contributed by atoms with E-state index >= 15 is 0 Å². The number of carbonyl (C=O) groups excluding carboxylic acids is 1. The first-order valence-electron chi connectivity index (χ1n) is 4.67. The minimum Gasteiger partial charge on any atom is -0.462 e. The van der Waals surface area contributed by atoms with Crippen LogP contribution >= 0.6 is 0 Å². The number of ether oxygens (including phenoxy) is 1. The van der Waals surface area contributed by atoms with E-state index in [1.165, 1.54) is 0 Å². The maximum absolute atomic E-state index is 11.1. The standard InChI is InChI=1S/C11H18O2/c1-4-6-7-8-9-13-11(12)10(3)5-2/h5-7H,4,8-9H2,1-3H3/b7-6?,10-5-. The largest absolute Gasteiger partial charge is 0.462 e. The van der Waals surface area contributed by atoms with E-state index in [1.54, 1.807) is 13.0 Å². The SMILES string of the molecule is C/C=C(/C)C(=O)OCCC=CCC. The number of esters is 1. The van der Waals surface area contributed by atoms with Gasteiger partial charge in [0.05, 0.1) is 6.61 Å². The Kier molecular flexibility index (Phi) is 6.98. The molecule has 0 N–H and O–H groups in total. The topological polar surface area (TPSA) is 26.3 Å². The third-order valence-corrected chi connectivity index (χ3v) is 1.68. The van der Waals surface area contributed by atoms with Crippen LogP contribution < -0.4 is 0 Å². The first-order valence-corrected chi connectivity index (χ1v) is 4.67. The molecule has 0 atom stereocenters. The van der Waals surface area contributed by atoms with Crippen LogP contribution in [0, 0.1) is 0 Å². The minimum absolute atomic E-state index is 0.215. The molecule has 0 aliphatic rings. The summed E-state index contributed by atoms with van der Waals surface area (Å²) in [7, 11) is 0. The molecule has 13 heavy (non-hydrogen) atoms. The summed E-state index contributed by atoms with van der Waals surface area (Å²) in [5.41, 5.74) is 0.666. The van der Waals surface area contributed by atoms with Crippen molar-refractivity contribution in [3.8, 4) is 0 Å². The second-order valence-electron chi connectivity index (χ2n) is 2.78. The molecule has 0 radical (unpaired) electrons. The predicted molar refractivity (Wildman–Crippen MR) is 54.4 cm³/mol. The van der Waals surface area contributed by atoms with Crippen LogP contribution in [0.5, 0.6) is 0 Å². The zero-order valence-electron chi connectivity index (χ0n) is 8.67. The summed E-state index contributed by atoms with van der Waals surface area (Å²) in [4.78, 5) is 11.1. The van der Waals surface area contributed by atoms with Gasteiger partial charge in [-0.1, -0.05) is 25.2 Å². The summed E-state index contributed by atoms with van der Waals surface area (Å²) in [6.45, 7) is 6.13. The van der Waals surface area contributed by atoms with Crippen molar-refractivity contribution >= 4 is 5.97 Å². The Morgan fingerprint density at radius 2 is 2.08 bits per heavy atom. The Labute approximate surface area is 80.3 Å². The molecule has 0 heterocycles. The van der Waals surface area contributed by atoms with E-state index in [4.69, 9.17) is 4.74 Å². The van der Waals surface area contributed by atoms with Gasteiger partial charge in [0.1, 0.15) is 0 Å². The average molecular weight is 182 g/mol. The van der Waals surface area contributed by atoms with Crippen LogP contribution in [-0.2, 0) is 9.53 Å². The van der Waals surface area contributed by atoms with E-state index in [0.29, 0.717) is 12.2 Å². The quantitative estimate of drug-likeness (QED) is 0.283. The lowest BCUT2D eigenvalue weighted by Gasteiger charge is -2.01.